The van der Waals surface area contributed by atoms with Crippen molar-refractivity contribution in [2.24, 2.45) is 0 Å². The number of anilines is 1. The zero-order valence-electron chi connectivity index (χ0n) is 13.0. The standard InChI is InChI=1S/C17H14Cl2N4O2/c18-12-4-1-6-14(16(12)19)25-11-7-15(24)22-13-5-2-8-20-17(13)23-10-3-9-21-23/h1-6,8-10H,7,11H2,(H,22,24). The van der Waals surface area contributed by atoms with Gasteiger partial charge >= 0.3 is 0 Å². The summed E-state index contributed by atoms with van der Waals surface area (Å²) in [6.07, 6.45) is 5.18. The van der Waals surface area contributed by atoms with Gasteiger partial charge in [-0.2, -0.15) is 5.10 Å². The molecule has 0 atom stereocenters. The highest BCUT2D eigenvalue weighted by Gasteiger charge is 2.11. The van der Waals surface area contributed by atoms with Gasteiger partial charge in [0.05, 0.1) is 23.7 Å². The van der Waals surface area contributed by atoms with Gasteiger partial charge in [0.25, 0.3) is 0 Å². The van der Waals surface area contributed by atoms with Crippen LogP contribution in [0.15, 0.2) is 55.0 Å². The third-order valence-corrected chi connectivity index (χ3v) is 4.09. The van der Waals surface area contributed by atoms with E-state index in [1.165, 1.54) is 0 Å². The van der Waals surface area contributed by atoms with Gasteiger partial charge in [-0.3, -0.25) is 4.79 Å². The normalized spacial score (nSPS) is 10.5. The summed E-state index contributed by atoms with van der Waals surface area (Å²) >= 11 is 12.0. The molecular weight excluding hydrogens is 363 g/mol. The van der Waals surface area contributed by atoms with Crippen molar-refractivity contribution in [1.29, 1.82) is 0 Å². The topological polar surface area (TPSA) is 69.0 Å². The van der Waals surface area contributed by atoms with Crippen LogP contribution in [0.4, 0.5) is 5.69 Å². The molecule has 0 aliphatic heterocycles. The Balaban J connectivity index is 1.59. The molecule has 0 fully saturated rings. The molecule has 8 heteroatoms. The number of carbonyl (C=O) groups excluding carboxylic acids is 1. The first-order valence-corrected chi connectivity index (χ1v) is 8.22. The van der Waals surface area contributed by atoms with Crippen LogP contribution < -0.4 is 10.1 Å². The van der Waals surface area contributed by atoms with Crippen molar-refractivity contribution in [2.45, 2.75) is 6.42 Å². The Kier molecular flexibility index (Phi) is 5.53. The highest BCUT2D eigenvalue weighted by Crippen LogP contribution is 2.31. The second-order valence-electron chi connectivity index (χ2n) is 5.02. The zero-order valence-corrected chi connectivity index (χ0v) is 14.5. The van der Waals surface area contributed by atoms with E-state index in [9.17, 15) is 4.79 Å². The molecule has 25 heavy (non-hydrogen) atoms. The van der Waals surface area contributed by atoms with Gasteiger partial charge in [-0.05, 0) is 30.3 Å². The number of hydrogen-bond acceptors (Lipinski definition) is 4. The highest BCUT2D eigenvalue weighted by atomic mass is 35.5. The Labute approximate surface area is 154 Å². The van der Waals surface area contributed by atoms with E-state index >= 15 is 0 Å². The summed E-state index contributed by atoms with van der Waals surface area (Å²) in [6.45, 7) is 0.170. The zero-order chi connectivity index (χ0) is 17.6. The first-order chi connectivity index (χ1) is 12.1. The van der Waals surface area contributed by atoms with Gasteiger partial charge in [0, 0.05) is 18.6 Å². The van der Waals surface area contributed by atoms with Crippen LogP contribution in [0.3, 0.4) is 0 Å². The summed E-state index contributed by atoms with van der Waals surface area (Å²) in [7, 11) is 0. The molecule has 1 aromatic carbocycles. The molecule has 0 aliphatic carbocycles. The lowest BCUT2D eigenvalue weighted by Gasteiger charge is -2.11. The predicted molar refractivity (Wildman–Crippen MR) is 96.6 cm³/mol. The molecule has 128 valence electrons. The van der Waals surface area contributed by atoms with Crippen LogP contribution in [-0.2, 0) is 4.79 Å². The van der Waals surface area contributed by atoms with Gasteiger partial charge in [-0.25, -0.2) is 9.67 Å². The van der Waals surface area contributed by atoms with Crippen LogP contribution in [0, 0.1) is 0 Å². The van der Waals surface area contributed by atoms with Crippen LogP contribution in [-0.4, -0.2) is 27.3 Å². The fourth-order valence-corrected chi connectivity index (χ4v) is 2.48. The number of carbonyl (C=O) groups is 1. The fraction of sp³-hybridized carbons (Fsp3) is 0.118. The summed E-state index contributed by atoms with van der Waals surface area (Å²) in [5.41, 5.74) is 0.567. The Morgan fingerprint density at radius 3 is 2.84 bits per heavy atom. The van der Waals surface area contributed by atoms with Crippen molar-refractivity contribution in [3.63, 3.8) is 0 Å². The maximum atomic E-state index is 12.2. The molecule has 0 saturated carbocycles. The lowest BCUT2D eigenvalue weighted by Crippen LogP contribution is -2.17. The van der Waals surface area contributed by atoms with Crippen molar-refractivity contribution in [1.82, 2.24) is 14.8 Å². The van der Waals surface area contributed by atoms with Crippen LogP contribution in [0.2, 0.25) is 10.0 Å². The SMILES string of the molecule is O=C(CCOc1cccc(Cl)c1Cl)Nc1cccnc1-n1cccn1. The number of halogens is 2. The van der Waals surface area contributed by atoms with E-state index in [1.807, 2.05) is 0 Å². The average Bonchev–Trinajstić information content (AvgIpc) is 3.13. The van der Waals surface area contributed by atoms with E-state index in [2.05, 4.69) is 15.4 Å². The maximum Gasteiger partial charge on any atom is 0.227 e. The van der Waals surface area contributed by atoms with Crippen LogP contribution in [0.5, 0.6) is 5.75 Å². The third-order valence-electron chi connectivity index (χ3n) is 3.29. The summed E-state index contributed by atoms with van der Waals surface area (Å²) in [5.74, 6) is 0.778. The van der Waals surface area contributed by atoms with Crippen molar-refractivity contribution in [3.8, 4) is 11.6 Å². The number of ether oxygens (including phenoxy) is 1. The Morgan fingerprint density at radius 2 is 2.04 bits per heavy atom. The number of pyridine rings is 1. The number of nitrogens with zero attached hydrogens (tertiary/aromatic N) is 3. The van der Waals surface area contributed by atoms with Gasteiger partial charge < -0.3 is 10.1 Å². The molecule has 0 bridgehead atoms. The Morgan fingerprint density at radius 1 is 1.16 bits per heavy atom. The van der Waals surface area contributed by atoms with Crippen molar-refractivity contribution in [2.75, 3.05) is 11.9 Å². The second-order valence-corrected chi connectivity index (χ2v) is 5.81. The highest BCUT2D eigenvalue weighted by molar-refractivity contribution is 6.42. The smallest absolute Gasteiger partial charge is 0.227 e. The first-order valence-electron chi connectivity index (χ1n) is 7.47. The summed E-state index contributed by atoms with van der Waals surface area (Å²) in [4.78, 5) is 16.4. The van der Waals surface area contributed by atoms with Gasteiger partial charge in [0.1, 0.15) is 10.8 Å². The first kappa shape index (κ1) is 17.3. The Hall–Kier alpha value is -2.57. The molecule has 0 saturated heterocycles. The minimum Gasteiger partial charge on any atom is -0.491 e. The molecule has 1 N–H and O–H groups in total. The monoisotopic (exact) mass is 376 g/mol. The number of hydrogen-bond donors (Lipinski definition) is 1. The fourth-order valence-electron chi connectivity index (χ4n) is 2.13. The molecule has 0 aliphatic rings. The van der Waals surface area contributed by atoms with E-state index in [0.717, 1.165) is 0 Å². The molecule has 3 aromatic rings. The lowest BCUT2D eigenvalue weighted by molar-refractivity contribution is -0.116. The molecule has 0 radical (unpaired) electrons. The second kappa shape index (κ2) is 8.00. The van der Waals surface area contributed by atoms with Gasteiger partial charge in [0.2, 0.25) is 5.91 Å². The van der Waals surface area contributed by atoms with Crippen molar-refractivity contribution < 1.29 is 9.53 Å². The third kappa shape index (κ3) is 4.29. The van der Waals surface area contributed by atoms with Gasteiger partial charge in [-0.1, -0.05) is 29.3 Å². The van der Waals surface area contributed by atoms with Gasteiger partial charge in [-0.15, -0.1) is 0 Å². The number of aromatic nitrogens is 3. The number of rotatable bonds is 6. The maximum absolute atomic E-state index is 12.2. The number of benzene rings is 1. The minimum absolute atomic E-state index is 0.149. The molecule has 6 nitrogen and oxygen atoms in total. The van der Waals surface area contributed by atoms with Crippen LogP contribution >= 0.6 is 23.2 Å². The quantitative estimate of drug-likeness (QED) is 0.706. The van der Waals surface area contributed by atoms with Crippen LogP contribution in [0.1, 0.15) is 6.42 Å². The summed E-state index contributed by atoms with van der Waals surface area (Å²) < 4.78 is 7.10. The van der Waals surface area contributed by atoms with E-state index in [0.29, 0.717) is 27.3 Å². The average molecular weight is 377 g/mol. The summed E-state index contributed by atoms with van der Waals surface area (Å²) in [5, 5.41) is 7.67. The van der Waals surface area contributed by atoms with Crippen molar-refractivity contribution in [3.05, 3.63) is 65.0 Å². The molecule has 1 amide bonds. The lowest BCUT2D eigenvalue weighted by atomic mass is 10.3. The van der Waals surface area contributed by atoms with E-state index in [4.69, 9.17) is 27.9 Å². The summed E-state index contributed by atoms with van der Waals surface area (Å²) in [6, 6.07) is 10.4. The molecular formula is C17H14Cl2N4O2. The number of nitrogens with one attached hydrogen (secondary N) is 1. The minimum atomic E-state index is -0.209. The largest absolute Gasteiger partial charge is 0.491 e. The van der Waals surface area contributed by atoms with Crippen molar-refractivity contribution >= 4 is 34.8 Å². The van der Waals surface area contributed by atoms with E-state index < -0.39 is 0 Å². The Bertz CT molecular complexity index is 869. The van der Waals surface area contributed by atoms with Gasteiger partial charge in [0.15, 0.2) is 5.82 Å². The molecule has 3 rings (SSSR count). The van der Waals surface area contributed by atoms with E-state index in [1.54, 1.807) is 59.7 Å². The van der Waals surface area contributed by atoms with Crippen LogP contribution in [0.25, 0.3) is 5.82 Å². The molecule has 0 unspecified atom stereocenters. The molecule has 2 aromatic heterocycles. The predicted octanol–water partition coefficient (Wildman–Crippen LogP) is 3.98. The molecule has 2 heterocycles. The molecule has 0 spiro atoms. The number of amides is 1. The van der Waals surface area contributed by atoms with E-state index in [-0.39, 0.29) is 18.9 Å².